The second kappa shape index (κ2) is 9.82. The number of primary amides is 1. The van der Waals surface area contributed by atoms with E-state index in [0.29, 0.717) is 43.1 Å². The van der Waals surface area contributed by atoms with Gasteiger partial charge in [-0.25, -0.2) is 14.6 Å². The first-order valence-corrected chi connectivity index (χ1v) is 10.0. The van der Waals surface area contributed by atoms with Crippen molar-refractivity contribution in [1.82, 2.24) is 19.4 Å². The number of aryl methyl sites for hydroxylation is 1. The van der Waals surface area contributed by atoms with Gasteiger partial charge in [-0.05, 0) is 25.1 Å². The molecule has 1 aliphatic heterocycles. The minimum atomic E-state index is -0.738. The lowest BCUT2D eigenvalue weighted by atomic mass is 10.1. The maximum Gasteiger partial charge on any atom is 0.411 e. The maximum absolute atomic E-state index is 12.8. The van der Waals surface area contributed by atoms with Crippen LogP contribution < -0.4 is 16.6 Å². The Labute approximate surface area is 189 Å². The van der Waals surface area contributed by atoms with Gasteiger partial charge in [0.1, 0.15) is 12.4 Å². The van der Waals surface area contributed by atoms with Crippen molar-refractivity contribution >= 4 is 23.7 Å². The van der Waals surface area contributed by atoms with Crippen LogP contribution in [0.2, 0.25) is 0 Å². The van der Waals surface area contributed by atoms with Gasteiger partial charge >= 0.3 is 12.1 Å². The first-order chi connectivity index (χ1) is 15.7. The second-order valence-corrected chi connectivity index (χ2v) is 7.31. The van der Waals surface area contributed by atoms with Crippen molar-refractivity contribution in [2.45, 2.75) is 13.5 Å². The third kappa shape index (κ3) is 5.27. The molecule has 0 atom stereocenters. The Bertz CT molecular complexity index is 1190. The molecule has 1 saturated heterocycles. The van der Waals surface area contributed by atoms with Gasteiger partial charge in [0.2, 0.25) is 5.91 Å². The van der Waals surface area contributed by atoms with Crippen molar-refractivity contribution in [3.8, 4) is 17.3 Å². The number of rotatable bonds is 4. The molecule has 3 N–H and O–H groups in total. The average molecular weight is 453 g/mol. The van der Waals surface area contributed by atoms with Crippen LogP contribution in [0, 0.1) is 18.3 Å². The third-order valence-corrected chi connectivity index (χ3v) is 5.28. The van der Waals surface area contributed by atoms with Crippen LogP contribution in [0.4, 0.5) is 15.3 Å². The fourth-order valence-corrected chi connectivity index (χ4v) is 3.46. The number of urea groups is 1. The molecule has 0 saturated carbocycles. The summed E-state index contributed by atoms with van der Waals surface area (Å²) in [6, 6.07) is 7.26. The number of nitrogens with two attached hydrogens (primary N) is 1. The number of ether oxygens (including phenoxy) is 1. The van der Waals surface area contributed by atoms with Gasteiger partial charge in [-0.15, -0.1) is 0 Å². The molecular formula is C21H23N7O5. The van der Waals surface area contributed by atoms with Gasteiger partial charge in [-0.1, -0.05) is 0 Å². The smallest absolute Gasteiger partial charge is 0.411 e. The summed E-state index contributed by atoms with van der Waals surface area (Å²) in [5.74, 6) is 0.0280. The van der Waals surface area contributed by atoms with Gasteiger partial charge in [0.25, 0.3) is 5.56 Å². The van der Waals surface area contributed by atoms with Crippen molar-refractivity contribution in [3.05, 3.63) is 46.0 Å². The third-order valence-electron chi connectivity index (χ3n) is 5.28. The highest BCUT2D eigenvalue weighted by Gasteiger charge is 2.24. The monoisotopic (exact) mass is 453 g/mol. The molecule has 0 radical (unpaired) electrons. The molecule has 33 heavy (non-hydrogen) atoms. The van der Waals surface area contributed by atoms with E-state index < -0.39 is 17.7 Å². The SMILES string of the molecule is COC(=O)Nc1cc(C#N)ccc1-c1cc(=O)n(CC(=O)N2CCN(C(N)=O)CC2)c(C)n1. The number of hydrogen-bond acceptors (Lipinski definition) is 7. The van der Waals surface area contributed by atoms with Gasteiger partial charge in [-0.2, -0.15) is 5.26 Å². The molecule has 0 spiro atoms. The Morgan fingerprint density at radius 3 is 2.42 bits per heavy atom. The number of carbonyl (C=O) groups is 3. The van der Waals surface area contributed by atoms with Crippen LogP contribution in [-0.4, -0.2) is 70.7 Å². The first-order valence-electron chi connectivity index (χ1n) is 10.0. The molecule has 1 aromatic heterocycles. The van der Waals surface area contributed by atoms with Crippen LogP contribution in [-0.2, 0) is 16.1 Å². The summed E-state index contributed by atoms with van der Waals surface area (Å²) in [5.41, 5.74) is 6.06. The van der Waals surface area contributed by atoms with Crippen LogP contribution in [0.15, 0.2) is 29.1 Å². The summed E-state index contributed by atoms with van der Waals surface area (Å²) in [6.45, 7) is 2.72. The van der Waals surface area contributed by atoms with E-state index in [1.165, 1.54) is 34.8 Å². The lowest BCUT2D eigenvalue weighted by molar-refractivity contribution is -0.133. The number of nitrogens with zero attached hydrogens (tertiary/aromatic N) is 5. The topological polar surface area (TPSA) is 164 Å². The number of benzene rings is 1. The van der Waals surface area contributed by atoms with Crippen LogP contribution in [0.5, 0.6) is 0 Å². The van der Waals surface area contributed by atoms with Gasteiger partial charge < -0.3 is 20.3 Å². The number of amides is 4. The largest absolute Gasteiger partial charge is 0.453 e. The van der Waals surface area contributed by atoms with Crippen molar-refractivity contribution < 1.29 is 19.1 Å². The number of anilines is 1. The summed E-state index contributed by atoms with van der Waals surface area (Å²) in [5, 5.41) is 11.7. The Balaban J connectivity index is 1.85. The maximum atomic E-state index is 12.8. The molecule has 1 fully saturated rings. The van der Waals surface area contributed by atoms with E-state index in [-0.39, 0.29) is 23.8 Å². The van der Waals surface area contributed by atoms with E-state index in [4.69, 9.17) is 11.0 Å². The Hall–Kier alpha value is -4.40. The first kappa shape index (κ1) is 23.3. The molecule has 172 valence electrons. The molecule has 1 aliphatic rings. The van der Waals surface area contributed by atoms with E-state index in [1.807, 2.05) is 6.07 Å². The predicted molar refractivity (Wildman–Crippen MR) is 117 cm³/mol. The second-order valence-electron chi connectivity index (χ2n) is 7.31. The van der Waals surface area contributed by atoms with Gasteiger partial charge in [0, 0.05) is 37.8 Å². The molecule has 0 aliphatic carbocycles. The van der Waals surface area contributed by atoms with Crippen LogP contribution >= 0.6 is 0 Å². The van der Waals surface area contributed by atoms with E-state index >= 15 is 0 Å². The Morgan fingerprint density at radius 1 is 1.18 bits per heavy atom. The molecule has 0 unspecified atom stereocenters. The standard InChI is InChI=1S/C21H23N7O5/c1-13-24-17(15-4-3-14(11-22)9-16(15)25-21(32)33-2)10-18(29)28(13)12-19(30)26-5-7-27(8-6-26)20(23)31/h3-4,9-10H,5-8,12H2,1-2H3,(H2,23,31)(H,25,32). The van der Waals surface area contributed by atoms with Gasteiger partial charge in [0.05, 0.1) is 30.1 Å². The van der Waals surface area contributed by atoms with E-state index in [2.05, 4.69) is 15.0 Å². The number of hydrogen-bond donors (Lipinski definition) is 2. The lowest BCUT2D eigenvalue weighted by Gasteiger charge is -2.33. The molecule has 2 heterocycles. The van der Waals surface area contributed by atoms with Crippen molar-refractivity contribution in [2.75, 3.05) is 38.6 Å². The summed E-state index contributed by atoms with van der Waals surface area (Å²) in [7, 11) is 1.21. The minimum absolute atomic E-state index is 0.199. The van der Waals surface area contributed by atoms with Crippen LogP contribution in [0.25, 0.3) is 11.3 Å². The van der Waals surface area contributed by atoms with Crippen LogP contribution in [0.1, 0.15) is 11.4 Å². The molecule has 0 bridgehead atoms. The molecule has 12 heteroatoms. The van der Waals surface area contributed by atoms with E-state index in [0.717, 1.165) is 0 Å². The Kier molecular flexibility index (Phi) is 6.92. The van der Waals surface area contributed by atoms with Gasteiger partial charge in [0.15, 0.2) is 0 Å². The van der Waals surface area contributed by atoms with Gasteiger partial charge in [-0.3, -0.25) is 19.5 Å². The van der Waals surface area contributed by atoms with Crippen molar-refractivity contribution in [2.24, 2.45) is 5.73 Å². The quantitative estimate of drug-likeness (QED) is 0.680. The number of methoxy groups -OCH3 is 1. The zero-order chi connectivity index (χ0) is 24.1. The summed E-state index contributed by atoms with van der Waals surface area (Å²) >= 11 is 0. The number of nitriles is 1. The fourth-order valence-electron chi connectivity index (χ4n) is 3.46. The molecule has 1 aromatic carbocycles. The van der Waals surface area contributed by atoms with E-state index in [1.54, 1.807) is 17.9 Å². The lowest BCUT2D eigenvalue weighted by Crippen LogP contribution is -2.53. The predicted octanol–water partition coefficient (Wildman–Crippen LogP) is 0.492. The minimum Gasteiger partial charge on any atom is -0.453 e. The summed E-state index contributed by atoms with van der Waals surface area (Å²) in [4.78, 5) is 55.9. The Morgan fingerprint density at radius 2 is 1.85 bits per heavy atom. The molecular weight excluding hydrogens is 430 g/mol. The highest BCUT2D eigenvalue weighted by Crippen LogP contribution is 2.27. The highest BCUT2D eigenvalue weighted by atomic mass is 16.5. The number of carbonyl (C=O) groups excluding carboxylic acids is 3. The molecule has 4 amide bonds. The normalized spacial score (nSPS) is 13.2. The zero-order valence-electron chi connectivity index (χ0n) is 18.2. The zero-order valence-corrected chi connectivity index (χ0v) is 18.2. The summed E-state index contributed by atoms with van der Waals surface area (Å²) in [6.07, 6.45) is -0.738. The summed E-state index contributed by atoms with van der Waals surface area (Å²) < 4.78 is 5.87. The van der Waals surface area contributed by atoms with E-state index in [9.17, 15) is 19.2 Å². The fraction of sp³-hybridized carbons (Fsp3) is 0.333. The number of nitrogens with one attached hydrogen (secondary N) is 1. The molecule has 12 nitrogen and oxygen atoms in total. The highest BCUT2D eigenvalue weighted by molar-refractivity contribution is 5.91. The average Bonchev–Trinajstić information content (AvgIpc) is 2.80. The van der Waals surface area contributed by atoms with Crippen molar-refractivity contribution in [3.63, 3.8) is 0 Å². The number of piperazine rings is 1. The van der Waals surface area contributed by atoms with Crippen LogP contribution in [0.3, 0.4) is 0 Å². The van der Waals surface area contributed by atoms with Crippen molar-refractivity contribution in [1.29, 1.82) is 5.26 Å². The molecule has 2 aromatic rings. The molecule has 3 rings (SSSR count). The number of aromatic nitrogens is 2.